The van der Waals surface area contributed by atoms with Crippen LogP contribution in [0.2, 0.25) is 0 Å². The lowest BCUT2D eigenvalue weighted by atomic mass is 10.00. The van der Waals surface area contributed by atoms with E-state index in [9.17, 15) is 0 Å². The molecule has 0 saturated carbocycles. The molecule has 0 unspecified atom stereocenters. The summed E-state index contributed by atoms with van der Waals surface area (Å²) in [5, 5.41) is 4.41. The smallest absolute Gasteiger partial charge is 0.0768 e. The summed E-state index contributed by atoms with van der Waals surface area (Å²) in [6.45, 7) is 6.51. The molecule has 4 nitrogen and oxygen atoms in total. The third-order valence-electron chi connectivity index (χ3n) is 5.31. The lowest BCUT2D eigenvalue weighted by Crippen LogP contribution is -2.32. The van der Waals surface area contributed by atoms with Gasteiger partial charge in [0, 0.05) is 38.3 Å². The predicted octanol–water partition coefficient (Wildman–Crippen LogP) is 2.39. The molecule has 0 N–H and O–H groups in total. The zero-order valence-electron chi connectivity index (χ0n) is 13.0. The Bertz CT molecular complexity index is 460. The van der Waals surface area contributed by atoms with Gasteiger partial charge in [-0.25, -0.2) is 0 Å². The topological polar surface area (TPSA) is 30.9 Å². The Hall–Kier alpha value is -0.460. The summed E-state index contributed by atoms with van der Waals surface area (Å²) in [4.78, 5) is 2.56. The number of rotatable bonds is 5. The second-order valence-corrected chi connectivity index (χ2v) is 7.54. The summed E-state index contributed by atoms with van der Waals surface area (Å²) in [7, 11) is 0. The maximum Gasteiger partial charge on any atom is 0.0768 e. The van der Waals surface area contributed by atoms with Crippen LogP contribution in [0.25, 0.3) is 0 Å². The van der Waals surface area contributed by atoms with Gasteiger partial charge in [-0.3, -0.25) is 4.90 Å². The first-order valence-corrected chi connectivity index (χ1v) is 9.36. The molecule has 4 heterocycles. The van der Waals surface area contributed by atoms with Crippen molar-refractivity contribution in [1.29, 1.82) is 0 Å². The summed E-state index contributed by atoms with van der Waals surface area (Å²) in [6, 6.07) is 2.77. The van der Waals surface area contributed by atoms with Crippen molar-refractivity contribution in [2.75, 3.05) is 39.6 Å². The van der Waals surface area contributed by atoms with Gasteiger partial charge in [-0.05, 0) is 41.1 Å². The molecule has 0 bridgehead atoms. The quantitative estimate of drug-likeness (QED) is 0.832. The van der Waals surface area contributed by atoms with Crippen LogP contribution in [0.3, 0.4) is 0 Å². The third kappa shape index (κ3) is 3.24. The first-order chi connectivity index (χ1) is 10.9. The van der Waals surface area contributed by atoms with Crippen molar-refractivity contribution in [3.63, 3.8) is 0 Å². The first-order valence-electron chi connectivity index (χ1n) is 8.42. The van der Waals surface area contributed by atoms with Gasteiger partial charge in [-0.15, -0.1) is 0 Å². The maximum absolute atomic E-state index is 6.33. The van der Waals surface area contributed by atoms with E-state index in [1.807, 2.05) is 0 Å². The molecule has 0 aliphatic carbocycles. The average molecular weight is 323 g/mol. The Morgan fingerprint density at radius 2 is 2.14 bits per heavy atom. The lowest BCUT2D eigenvalue weighted by Gasteiger charge is -2.25. The molecule has 0 radical (unpaired) electrons. The largest absolute Gasteiger partial charge is 0.381 e. The Balaban J connectivity index is 1.34. The summed E-state index contributed by atoms with van der Waals surface area (Å²) in [5.41, 5.74) is 1.42. The highest BCUT2D eigenvalue weighted by atomic mass is 32.1. The molecule has 1 aromatic heterocycles. The van der Waals surface area contributed by atoms with Gasteiger partial charge in [0.15, 0.2) is 0 Å². The molecule has 122 valence electrons. The molecule has 1 aromatic rings. The molecule has 0 spiro atoms. The van der Waals surface area contributed by atoms with E-state index >= 15 is 0 Å². The fourth-order valence-corrected chi connectivity index (χ4v) is 4.60. The fraction of sp³-hybridized carbons (Fsp3) is 0.765. The van der Waals surface area contributed by atoms with Gasteiger partial charge in [-0.1, -0.05) is 0 Å². The number of fused-ring (bicyclic) bond motifs is 1. The van der Waals surface area contributed by atoms with Crippen molar-refractivity contribution < 1.29 is 14.2 Å². The van der Waals surface area contributed by atoms with Crippen LogP contribution < -0.4 is 0 Å². The van der Waals surface area contributed by atoms with Gasteiger partial charge in [0.05, 0.1) is 25.9 Å². The van der Waals surface area contributed by atoms with Crippen LogP contribution in [0.15, 0.2) is 16.8 Å². The van der Waals surface area contributed by atoms with Crippen LogP contribution in [0, 0.1) is 11.8 Å². The Labute approximate surface area is 136 Å². The molecule has 3 atom stereocenters. The molecular weight excluding hydrogens is 298 g/mol. The van der Waals surface area contributed by atoms with Crippen LogP contribution in [0.1, 0.15) is 18.4 Å². The maximum atomic E-state index is 6.33. The number of nitrogens with zero attached hydrogens (tertiary/aromatic N) is 1. The molecular formula is C17H25NO3S. The van der Waals surface area contributed by atoms with Crippen LogP contribution in [0.5, 0.6) is 0 Å². The molecule has 22 heavy (non-hydrogen) atoms. The van der Waals surface area contributed by atoms with E-state index in [0.717, 1.165) is 59.0 Å². The second-order valence-electron chi connectivity index (χ2n) is 6.76. The van der Waals surface area contributed by atoms with E-state index in [2.05, 4.69) is 21.7 Å². The Kier molecular flexibility index (Phi) is 4.78. The highest BCUT2D eigenvalue weighted by Crippen LogP contribution is 2.34. The molecule has 0 amide bonds. The van der Waals surface area contributed by atoms with E-state index < -0.39 is 0 Å². The number of ether oxygens (including phenoxy) is 3. The van der Waals surface area contributed by atoms with Crippen molar-refractivity contribution in [1.82, 2.24) is 4.90 Å². The van der Waals surface area contributed by atoms with E-state index in [-0.39, 0.29) is 0 Å². The van der Waals surface area contributed by atoms with Crippen molar-refractivity contribution in [2.24, 2.45) is 11.8 Å². The Morgan fingerprint density at radius 1 is 1.23 bits per heavy atom. The molecule has 5 heteroatoms. The normalized spacial score (nSPS) is 33.4. The van der Waals surface area contributed by atoms with Gasteiger partial charge in [-0.2, -0.15) is 11.3 Å². The van der Waals surface area contributed by atoms with Crippen LogP contribution in [-0.2, 0) is 20.8 Å². The summed E-state index contributed by atoms with van der Waals surface area (Å²) >= 11 is 1.78. The highest BCUT2D eigenvalue weighted by Gasteiger charge is 2.46. The Morgan fingerprint density at radius 3 is 2.95 bits per heavy atom. The van der Waals surface area contributed by atoms with E-state index in [1.54, 1.807) is 11.3 Å². The minimum atomic E-state index is 0.342. The van der Waals surface area contributed by atoms with E-state index in [4.69, 9.17) is 14.2 Å². The molecule has 4 rings (SSSR count). The van der Waals surface area contributed by atoms with Crippen LogP contribution >= 0.6 is 11.3 Å². The highest BCUT2D eigenvalue weighted by molar-refractivity contribution is 7.07. The van der Waals surface area contributed by atoms with E-state index in [1.165, 1.54) is 5.56 Å². The van der Waals surface area contributed by atoms with Gasteiger partial charge in [0.2, 0.25) is 0 Å². The van der Waals surface area contributed by atoms with Crippen LogP contribution in [0.4, 0.5) is 0 Å². The van der Waals surface area contributed by atoms with Crippen molar-refractivity contribution >= 4 is 11.3 Å². The van der Waals surface area contributed by atoms with Crippen molar-refractivity contribution in [2.45, 2.75) is 31.5 Å². The standard InChI is InChI=1S/C17H25NO3S/c1-4-19-5-2-13(1)9-21-17-8-18(7-14-3-6-22-12-14)16-11-20-10-15(16)17/h3,6,12-13,15-17H,1-2,4-5,7-11H2/t15-,16+,17-/m0/s1. The van der Waals surface area contributed by atoms with Crippen molar-refractivity contribution in [3.8, 4) is 0 Å². The number of hydrogen-bond acceptors (Lipinski definition) is 5. The zero-order valence-corrected chi connectivity index (χ0v) is 13.8. The molecule has 3 fully saturated rings. The molecule has 3 aliphatic rings. The van der Waals surface area contributed by atoms with Crippen molar-refractivity contribution in [3.05, 3.63) is 22.4 Å². The number of thiophene rings is 1. The van der Waals surface area contributed by atoms with Gasteiger partial charge in [0.1, 0.15) is 0 Å². The molecule has 0 aromatic carbocycles. The zero-order chi connectivity index (χ0) is 14.8. The fourth-order valence-electron chi connectivity index (χ4n) is 3.94. The SMILES string of the molecule is c1cc(CN2C[C@H](OCC3CCOCC3)[C@H]3COC[C@H]32)cs1. The second kappa shape index (κ2) is 6.97. The lowest BCUT2D eigenvalue weighted by molar-refractivity contribution is -0.0259. The monoisotopic (exact) mass is 323 g/mol. The van der Waals surface area contributed by atoms with Gasteiger partial charge < -0.3 is 14.2 Å². The average Bonchev–Trinajstić information content (AvgIpc) is 3.26. The van der Waals surface area contributed by atoms with E-state index in [0.29, 0.717) is 24.0 Å². The number of hydrogen-bond donors (Lipinski definition) is 0. The molecule has 3 saturated heterocycles. The predicted molar refractivity (Wildman–Crippen MR) is 86.1 cm³/mol. The van der Waals surface area contributed by atoms with Gasteiger partial charge in [0.25, 0.3) is 0 Å². The molecule has 3 aliphatic heterocycles. The minimum Gasteiger partial charge on any atom is -0.381 e. The summed E-state index contributed by atoms with van der Waals surface area (Å²) < 4.78 is 17.5. The minimum absolute atomic E-state index is 0.342. The first kappa shape index (κ1) is 15.1. The summed E-state index contributed by atoms with van der Waals surface area (Å²) in [6.07, 6.45) is 2.64. The summed E-state index contributed by atoms with van der Waals surface area (Å²) in [5.74, 6) is 1.24. The van der Waals surface area contributed by atoms with Crippen LogP contribution in [-0.4, -0.2) is 56.6 Å². The third-order valence-corrected chi connectivity index (χ3v) is 6.04. The van der Waals surface area contributed by atoms with Gasteiger partial charge >= 0.3 is 0 Å². The number of likely N-dealkylation sites (tertiary alicyclic amines) is 1.